The Kier molecular flexibility index (Phi) is 3.72. The van der Waals surface area contributed by atoms with Crippen molar-refractivity contribution in [2.45, 2.75) is 25.4 Å². The van der Waals surface area contributed by atoms with Crippen LogP contribution in [0.5, 0.6) is 11.5 Å². The van der Waals surface area contributed by atoms with Crippen LogP contribution in [0.15, 0.2) is 36.7 Å². The maximum atomic E-state index is 5.71. The molecule has 0 unspecified atom stereocenters. The zero-order valence-electron chi connectivity index (χ0n) is 12.6. The molecule has 0 spiro atoms. The summed E-state index contributed by atoms with van der Waals surface area (Å²) in [6.45, 7) is 3.08. The maximum Gasteiger partial charge on any atom is 0.161 e. The molecule has 0 amide bonds. The van der Waals surface area contributed by atoms with E-state index in [1.807, 2.05) is 29.2 Å². The number of hydrogen-bond acceptors (Lipinski definition) is 4. The maximum absolute atomic E-state index is 5.71. The zero-order valence-corrected chi connectivity index (χ0v) is 12.6. The van der Waals surface area contributed by atoms with Crippen LogP contribution in [-0.2, 0) is 6.54 Å². The van der Waals surface area contributed by atoms with E-state index in [2.05, 4.69) is 22.5 Å². The van der Waals surface area contributed by atoms with Crippen LogP contribution in [0, 0.1) is 5.92 Å². The number of aromatic nitrogens is 2. The smallest absolute Gasteiger partial charge is 0.161 e. The SMILES string of the molecule is c1cnn(CCN[C@H](c2ccc3c(c2)OCCO3)C2CC2)c1. The third-order valence-corrected chi connectivity index (χ3v) is 4.28. The van der Waals surface area contributed by atoms with Crippen LogP contribution < -0.4 is 14.8 Å². The van der Waals surface area contributed by atoms with Crippen LogP contribution in [0.1, 0.15) is 24.4 Å². The highest BCUT2D eigenvalue weighted by Crippen LogP contribution is 2.43. The molecule has 5 nitrogen and oxygen atoms in total. The van der Waals surface area contributed by atoms with Gasteiger partial charge in [0.25, 0.3) is 0 Å². The molecule has 1 aliphatic heterocycles. The van der Waals surface area contributed by atoms with Gasteiger partial charge in [-0.2, -0.15) is 5.10 Å². The number of ether oxygens (including phenoxy) is 2. The molecular weight excluding hydrogens is 278 g/mol. The standard InChI is InChI=1S/C17H21N3O2/c1-6-19-20(8-1)9-7-18-17(13-2-3-13)14-4-5-15-16(12-14)22-11-10-21-15/h1,4-6,8,12-13,17-18H,2-3,7,9-11H2/t17-/m0/s1. The number of rotatable bonds is 6. The summed E-state index contributed by atoms with van der Waals surface area (Å²) in [5.41, 5.74) is 1.30. The van der Waals surface area contributed by atoms with Gasteiger partial charge in [-0.15, -0.1) is 0 Å². The lowest BCUT2D eigenvalue weighted by molar-refractivity contribution is 0.171. The Balaban J connectivity index is 1.45. The van der Waals surface area contributed by atoms with E-state index >= 15 is 0 Å². The highest BCUT2D eigenvalue weighted by Gasteiger charge is 2.32. The van der Waals surface area contributed by atoms with E-state index < -0.39 is 0 Å². The monoisotopic (exact) mass is 299 g/mol. The fraction of sp³-hybridized carbons (Fsp3) is 0.471. The summed E-state index contributed by atoms with van der Waals surface area (Å²) in [7, 11) is 0. The van der Waals surface area contributed by atoms with Crippen molar-refractivity contribution in [3.63, 3.8) is 0 Å². The van der Waals surface area contributed by atoms with E-state index in [4.69, 9.17) is 9.47 Å². The van der Waals surface area contributed by atoms with Crippen LogP contribution in [0.4, 0.5) is 0 Å². The largest absolute Gasteiger partial charge is 0.486 e. The molecule has 0 saturated heterocycles. The lowest BCUT2D eigenvalue weighted by Crippen LogP contribution is -2.27. The van der Waals surface area contributed by atoms with E-state index in [1.165, 1.54) is 18.4 Å². The fourth-order valence-corrected chi connectivity index (χ4v) is 3.01. The second kappa shape index (κ2) is 6.01. The summed E-state index contributed by atoms with van der Waals surface area (Å²) in [6.07, 6.45) is 6.42. The Morgan fingerprint density at radius 3 is 2.86 bits per heavy atom. The molecule has 0 radical (unpaired) electrons. The minimum atomic E-state index is 0.395. The first kappa shape index (κ1) is 13.6. The molecule has 1 aromatic heterocycles. The van der Waals surface area contributed by atoms with Gasteiger partial charge in [0.2, 0.25) is 0 Å². The Morgan fingerprint density at radius 1 is 1.23 bits per heavy atom. The van der Waals surface area contributed by atoms with E-state index in [9.17, 15) is 0 Å². The number of nitrogens with zero attached hydrogens (tertiary/aromatic N) is 2. The van der Waals surface area contributed by atoms with Crippen LogP contribution in [0.2, 0.25) is 0 Å². The van der Waals surface area contributed by atoms with Gasteiger partial charge in [-0.1, -0.05) is 6.07 Å². The van der Waals surface area contributed by atoms with Crippen molar-refractivity contribution in [1.29, 1.82) is 0 Å². The van der Waals surface area contributed by atoms with Crippen LogP contribution in [0.3, 0.4) is 0 Å². The minimum absolute atomic E-state index is 0.395. The third-order valence-electron chi connectivity index (χ3n) is 4.28. The lowest BCUT2D eigenvalue weighted by Gasteiger charge is -2.23. The topological polar surface area (TPSA) is 48.3 Å². The average Bonchev–Trinajstić information content (AvgIpc) is 3.27. The van der Waals surface area contributed by atoms with Crippen molar-refractivity contribution >= 4 is 0 Å². The van der Waals surface area contributed by atoms with Gasteiger partial charge in [0.15, 0.2) is 11.5 Å². The molecule has 116 valence electrons. The summed E-state index contributed by atoms with van der Waals surface area (Å²) in [5, 5.41) is 7.93. The molecule has 2 aromatic rings. The quantitative estimate of drug-likeness (QED) is 0.890. The van der Waals surface area contributed by atoms with Gasteiger partial charge in [0, 0.05) is 25.0 Å². The second-order valence-electron chi connectivity index (χ2n) is 5.94. The molecule has 22 heavy (non-hydrogen) atoms. The van der Waals surface area contributed by atoms with Gasteiger partial charge in [-0.25, -0.2) is 0 Å². The molecule has 1 atom stereocenters. The molecule has 1 fully saturated rings. The van der Waals surface area contributed by atoms with Gasteiger partial charge in [0.05, 0.1) is 6.54 Å². The highest BCUT2D eigenvalue weighted by molar-refractivity contribution is 5.45. The van der Waals surface area contributed by atoms with Crippen LogP contribution in [-0.4, -0.2) is 29.5 Å². The zero-order chi connectivity index (χ0) is 14.8. The summed E-state index contributed by atoms with van der Waals surface area (Å²) >= 11 is 0. The minimum Gasteiger partial charge on any atom is -0.486 e. The van der Waals surface area contributed by atoms with Crippen molar-refractivity contribution in [3.8, 4) is 11.5 Å². The first-order valence-electron chi connectivity index (χ1n) is 8.00. The van der Waals surface area contributed by atoms with E-state index in [1.54, 1.807) is 0 Å². The first-order valence-corrected chi connectivity index (χ1v) is 8.00. The molecule has 1 saturated carbocycles. The predicted molar refractivity (Wildman–Crippen MR) is 83.1 cm³/mol. The second-order valence-corrected chi connectivity index (χ2v) is 5.94. The van der Waals surface area contributed by atoms with Gasteiger partial charge in [-0.3, -0.25) is 4.68 Å². The van der Waals surface area contributed by atoms with Gasteiger partial charge >= 0.3 is 0 Å². The van der Waals surface area contributed by atoms with Crippen molar-refractivity contribution in [2.75, 3.05) is 19.8 Å². The van der Waals surface area contributed by atoms with Gasteiger partial charge in [0.1, 0.15) is 13.2 Å². The Hall–Kier alpha value is -2.01. The fourth-order valence-electron chi connectivity index (χ4n) is 3.01. The van der Waals surface area contributed by atoms with Gasteiger partial charge in [-0.05, 0) is 42.5 Å². The van der Waals surface area contributed by atoms with Crippen molar-refractivity contribution in [1.82, 2.24) is 15.1 Å². The summed E-state index contributed by atoms with van der Waals surface area (Å²) in [6, 6.07) is 8.69. The van der Waals surface area contributed by atoms with Gasteiger partial charge < -0.3 is 14.8 Å². The average molecular weight is 299 g/mol. The summed E-state index contributed by atoms with van der Waals surface area (Å²) < 4.78 is 13.3. The van der Waals surface area contributed by atoms with Crippen LogP contribution >= 0.6 is 0 Å². The third kappa shape index (κ3) is 2.95. The van der Waals surface area contributed by atoms with E-state index in [-0.39, 0.29) is 0 Å². The molecule has 1 aromatic carbocycles. The van der Waals surface area contributed by atoms with Crippen LogP contribution in [0.25, 0.3) is 0 Å². The van der Waals surface area contributed by atoms with E-state index in [0.29, 0.717) is 19.3 Å². The molecule has 4 rings (SSSR count). The molecule has 0 bridgehead atoms. The molecule has 1 N–H and O–H groups in total. The van der Waals surface area contributed by atoms with E-state index in [0.717, 1.165) is 30.5 Å². The number of nitrogens with one attached hydrogen (secondary N) is 1. The van der Waals surface area contributed by atoms with Crippen molar-refractivity contribution in [3.05, 3.63) is 42.2 Å². The Bertz CT molecular complexity index is 623. The van der Waals surface area contributed by atoms with Crippen molar-refractivity contribution in [2.24, 2.45) is 5.92 Å². The van der Waals surface area contributed by atoms with Crippen molar-refractivity contribution < 1.29 is 9.47 Å². The first-order chi connectivity index (χ1) is 10.9. The Labute approximate surface area is 130 Å². The molecule has 5 heteroatoms. The summed E-state index contributed by atoms with van der Waals surface area (Å²) in [4.78, 5) is 0. The molecule has 2 aliphatic rings. The number of hydrogen-bond donors (Lipinski definition) is 1. The molecule has 2 heterocycles. The molecular formula is C17H21N3O2. The predicted octanol–water partition coefficient (Wildman–Crippen LogP) is 2.40. The lowest BCUT2D eigenvalue weighted by atomic mass is 10.0. The molecule has 1 aliphatic carbocycles. The summed E-state index contributed by atoms with van der Waals surface area (Å²) in [5.74, 6) is 2.48. The number of benzene rings is 1. The number of fused-ring (bicyclic) bond motifs is 1. The Morgan fingerprint density at radius 2 is 2.09 bits per heavy atom. The normalized spacial score (nSPS) is 18.2. The highest BCUT2D eigenvalue weighted by atomic mass is 16.6.